The summed E-state index contributed by atoms with van der Waals surface area (Å²) < 4.78 is 0. The number of hydrogen-bond donors (Lipinski definition) is 2. The molecule has 1 atom stereocenters. The Morgan fingerprint density at radius 3 is 3.00 bits per heavy atom. The Hall–Kier alpha value is 0.170. The maximum Gasteiger partial charge on any atom is 0.120 e. The van der Waals surface area contributed by atoms with Gasteiger partial charge in [-0.1, -0.05) is 0 Å². The SMILES string of the molecule is ClCC1NCON1. The summed E-state index contributed by atoms with van der Waals surface area (Å²) in [5.41, 5.74) is 2.66. The predicted molar refractivity (Wildman–Crippen MR) is 26.7 cm³/mol. The molecule has 1 saturated heterocycles. The quantitative estimate of drug-likeness (QED) is 0.466. The van der Waals surface area contributed by atoms with Crippen molar-refractivity contribution in [2.75, 3.05) is 12.6 Å². The first-order valence-electron chi connectivity index (χ1n) is 2.10. The lowest BCUT2D eigenvalue weighted by Gasteiger charge is -1.99. The smallest absolute Gasteiger partial charge is 0.120 e. The fourth-order valence-electron chi connectivity index (χ4n) is 0.412. The summed E-state index contributed by atoms with van der Waals surface area (Å²) in [6, 6.07) is 0. The average Bonchev–Trinajstić information content (AvgIpc) is 2.14. The molecule has 1 unspecified atom stereocenters. The highest BCUT2D eigenvalue weighted by atomic mass is 35.5. The van der Waals surface area contributed by atoms with Gasteiger partial charge in [-0.25, -0.2) is 0 Å². The Morgan fingerprint density at radius 1 is 1.86 bits per heavy atom. The van der Waals surface area contributed by atoms with Crippen LogP contribution in [0.25, 0.3) is 0 Å². The van der Waals surface area contributed by atoms with Crippen molar-refractivity contribution in [3.63, 3.8) is 0 Å². The van der Waals surface area contributed by atoms with Crippen LogP contribution in [0.15, 0.2) is 0 Å². The van der Waals surface area contributed by atoms with Gasteiger partial charge in [0.2, 0.25) is 0 Å². The highest BCUT2D eigenvalue weighted by Gasteiger charge is 2.10. The third-order valence-electron chi connectivity index (χ3n) is 0.782. The number of rotatable bonds is 1. The van der Waals surface area contributed by atoms with Crippen LogP contribution >= 0.6 is 11.6 Å². The molecule has 42 valence electrons. The van der Waals surface area contributed by atoms with E-state index in [4.69, 9.17) is 16.4 Å². The zero-order valence-electron chi connectivity index (χ0n) is 3.78. The van der Waals surface area contributed by atoms with E-state index in [-0.39, 0.29) is 6.17 Å². The molecule has 0 aliphatic carbocycles. The summed E-state index contributed by atoms with van der Waals surface area (Å²) in [7, 11) is 0. The fourth-order valence-corrected chi connectivity index (χ4v) is 0.584. The Balaban J connectivity index is 2.14. The van der Waals surface area contributed by atoms with E-state index in [1.54, 1.807) is 0 Å². The van der Waals surface area contributed by atoms with Crippen molar-refractivity contribution in [1.82, 2.24) is 10.8 Å². The molecule has 0 aromatic rings. The van der Waals surface area contributed by atoms with E-state index in [0.717, 1.165) is 0 Å². The first kappa shape index (κ1) is 5.31. The van der Waals surface area contributed by atoms with Gasteiger partial charge < -0.3 is 0 Å². The van der Waals surface area contributed by atoms with E-state index in [9.17, 15) is 0 Å². The average molecular weight is 123 g/mol. The molecular formula is C3H7ClN2O. The fraction of sp³-hybridized carbons (Fsp3) is 1.00. The molecule has 0 aromatic heterocycles. The molecule has 1 fully saturated rings. The minimum atomic E-state index is 0.140. The van der Waals surface area contributed by atoms with Gasteiger partial charge in [0.1, 0.15) is 6.73 Å². The molecule has 2 N–H and O–H groups in total. The topological polar surface area (TPSA) is 33.3 Å². The summed E-state index contributed by atoms with van der Waals surface area (Å²) in [6.45, 7) is 0.553. The van der Waals surface area contributed by atoms with Gasteiger partial charge in [-0.2, -0.15) is 5.48 Å². The van der Waals surface area contributed by atoms with Crippen LogP contribution in [-0.2, 0) is 4.84 Å². The highest BCUT2D eigenvalue weighted by Crippen LogP contribution is 1.87. The van der Waals surface area contributed by atoms with Crippen molar-refractivity contribution in [2.24, 2.45) is 0 Å². The first-order chi connectivity index (χ1) is 3.43. The van der Waals surface area contributed by atoms with E-state index >= 15 is 0 Å². The first-order valence-corrected chi connectivity index (χ1v) is 2.63. The van der Waals surface area contributed by atoms with Crippen LogP contribution in [-0.4, -0.2) is 18.8 Å². The Kier molecular flexibility index (Phi) is 1.87. The number of nitrogens with one attached hydrogen (secondary N) is 2. The standard InChI is InChI=1S/C3H7ClN2O/c4-1-3-5-2-7-6-3/h3,5-6H,1-2H2. The summed E-state index contributed by atoms with van der Waals surface area (Å²) in [4.78, 5) is 4.70. The molecule has 1 aliphatic rings. The van der Waals surface area contributed by atoms with Crippen LogP contribution in [0, 0.1) is 0 Å². The maximum atomic E-state index is 5.40. The lowest BCUT2D eigenvalue weighted by Crippen LogP contribution is -2.32. The molecule has 1 rings (SSSR count). The van der Waals surface area contributed by atoms with Gasteiger partial charge in [0.15, 0.2) is 0 Å². The lowest BCUT2D eigenvalue weighted by atomic mass is 10.6. The van der Waals surface area contributed by atoms with Crippen LogP contribution in [0.1, 0.15) is 0 Å². The molecule has 0 amide bonds. The molecule has 7 heavy (non-hydrogen) atoms. The van der Waals surface area contributed by atoms with Crippen molar-refractivity contribution >= 4 is 11.6 Å². The second kappa shape index (κ2) is 2.47. The van der Waals surface area contributed by atoms with Gasteiger partial charge in [-0.15, -0.1) is 11.6 Å². The van der Waals surface area contributed by atoms with Gasteiger partial charge in [-0.3, -0.25) is 10.2 Å². The maximum absolute atomic E-state index is 5.40. The van der Waals surface area contributed by atoms with E-state index in [1.807, 2.05) is 0 Å². The van der Waals surface area contributed by atoms with Gasteiger partial charge in [0.05, 0.1) is 12.0 Å². The largest absolute Gasteiger partial charge is 0.285 e. The minimum Gasteiger partial charge on any atom is -0.285 e. The molecule has 4 heteroatoms. The second-order valence-corrected chi connectivity index (χ2v) is 1.63. The summed E-state index contributed by atoms with van der Waals surface area (Å²) >= 11 is 5.40. The molecule has 0 saturated carbocycles. The van der Waals surface area contributed by atoms with E-state index < -0.39 is 0 Å². The molecule has 3 nitrogen and oxygen atoms in total. The van der Waals surface area contributed by atoms with Crippen LogP contribution in [0.4, 0.5) is 0 Å². The van der Waals surface area contributed by atoms with Crippen LogP contribution in [0.2, 0.25) is 0 Å². The molecule has 0 spiro atoms. The number of hydroxylamine groups is 1. The Bertz CT molecular complexity index is 54.9. The number of hydrogen-bond acceptors (Lipinski definition) is 3. The van der Waals surface area contributed by atoms with Crippen molar-refractivity contribution in [3.05, 3.63) is 0 Å². The van der Waals surface area contributed by atoms with Crippen molar-refractivity contribution in [3.8, 4) is 0 Å². The number of alkyl halides is 1. The van der Waals surface area contributed by atoms with Gasteiger partial charge in [0, 0.05) is 0 Å². The second-order valence-electron chi connectivity index (χ2n) is 1.32. The Labute approximate surface area is 46.9 Å². The normalized spacial score (nSPS) is 31.3. The van der Waals surface area contributed by atoms with Crippen LogP contribution in [0.3, 0.4) is 0 Å². The van der Waals surface area contributed by atoms with Crippen LogP contribution < -0.4 is 10.8 Å². The molecule has 0 aromatic carbocycles. The molecule has 1 heterocycles. The van der Waals surface area contributed by atoms with E-state index in [1.165, 1.54) is 0 Å². The highest BCUT2D eigenvalue weighted by molar-refractivity contribution is 6.18. The van der Waals surface area contributed by atoms with Crippen molar-refractivity contribution < 1.29 is 4.84 Å². The zero-order valence-corrected chi connectivity index (χ0v) is 4.53. The summed E-state index contributed by atoms with van der Waals surface area (Å²) in [5.74, 6) is 0.542. The van der Waals surface area contributed by atoms with Gasteiger partial charge in [-0.05, 0) is 0 Å². The predicted octanol–water partition coefficient (Wildman–Crippen LogP) is -0.367. The lowest BCUT2D eigenvalue weighted by molar-refractivity contribution is 0.0900. The summed E-state index contributed by atoms with van der Waals surface area (Å²) in [5, 5.41) is 2.94. The van der Waals surface area contributed by atoms with E-state index in [0.29, 0.717) is 12.6 Å². The monoisotopic (exact) mass is 122 g/mol. The van der Waals surface area contributed by atoms with E-state index in [2.05, 4.69) is 10.8 Å². The Morgan fingerprint density at radius 2 is 2.71 bits per heavy atom. The molecule has 0 radical (unpaired) electrons. The van der Waals surface area contributed by atoms with Crippen molar-refractivity contribution in [2.45, 2.75) is 6.17 Å². The zero-order chi connectivity index (χ0) is 5.11. The molecular weight excluding hydrogens is 115 g/mol. The number of halogens is 1. The van der Waals surface area contributed by atoms with Crippen molar-refractivity contribution in [1.29, 1.82) is 0 Å². The third-order valence-corrected chi connectivity index (χ3v) is 1.09. The summed E-state index contributed by atoms with van der Waals surface area (Å²) in [6.07, 6.45) is 0.140. The van der Waals surface area contributed by atoms with Gasteiger partial charge in [0.25, 0.3) is 0 Å². The molecule has 0 bridgehead atoms. The van der Waals surface area contributed by atoms with Crippen LogP contribution in [0.5, 0.6) is 0 Å². The molecule has 1 aliphatic heterocycles. The third kappa shape index (κ3) is 1.28. The van der Waals surface area contributed by atoms with Gasteiger partial charge >= 0.3 is 0 Å². The minimum absolute atomic E-state index is 0.140.